The summed E-state index contributed by atoms with van der Waals surface area (Å²) >= 11 is 0. The van der Waals surface area contributed by atoms with E-state index in [0.29, 0.717) is 19.6 Å². The highest BCUT2D eigenvalue weighted by Crippen LogP contribution is 2.36. The molecule has 0 saturated carbocycles. The van der Waals surface area contributed by atoms with Gasteiger partial charge in [-0.1, -0.05) is 45.0 Å². The summed E-state index contributed by atoms with van der Waals surface area (Å²) in [5.74, 6) is 1.61. The molecule has 2 fully saturated rings. The van der Waals surface area contributed by atoms with Crippen molar-refractivity contribution in [2.75, 3.05) is 27.4 Å². The van der Waals surface area contributed by atoms with Crippen molar-refractivity contribution in [3.8, 4) is 11.5 Å². The molecule has 2 aliphatic heterocycles. The fourth-order valence-electron chi connectivity index (χ4n) is 4.63. The van der Waals surface area contributed by atoms with Gasteiger partial charge >= 0.3 is 0 Å². The zero-order valence-electron chi connectivity index (χ0n) is 21.1. The largest absolute Gasteiger partial charge is 0.497 e. The molecule has 0 amide bonds. The first-order valence-electron chi connectivity index (χ1n) is 12.2. The van der Waals surface area contributed by atoms with E-state index in [4.69, 9.17) is 28.4 Å². The maximum atomic E-state index is 13.4. The predicted molar refractivity (Wildman–Crippen MR) is 130 cm³/mol. The molecule has 0 aromatic heterocycles. The van der Waals surface area contributed by atoms with Gasteiger partial charge in [0.15, 0.2) is 12.6 Å². The van der Waals surface area contributed by atoms with Crippen LogP contribution in [0.25, 0.3) is 0 Å². The summed E-state index contributed by atoms with van der Waals surface area (Å²) in [5.41, 5.74) is 1.82. The minimum absolute atomic E-state index is 0.100. The Kier molecular flexibility index (Phi) is 8.44. The second kappa shape index (κ2) is 11.5. The SMILES string of the molecule is COc1ccc([C@H]2OC[C@H](C)[C@@H]([C@@H](C)C(=O)C[C@@H]3O[C@@H](c4ccc(OC)cc4)OC[C@@H]3C)O2)cc1. The van der Waals surface area contributed by atoms with Crippen LogP contribution in [0.2, 0.25) is 0 Å². The summed E-state index contributed by atoms with van der Waals surface area (Å²) < 4.78 is 34.9. The molecule has 2 saturated heterocycles. The fraction of sp³-hybridized carbons (Fsp3) is 0.536. The molecule has 4 rings (SSSR count). The Labute approximate surface area is 207 Å². The van der Waals surface area contributed by atoms with Crippen LogP contribution in [-0.4, -0.2) is 45.4 Å². The van der Waals surface area contributed by atoms with Crippen LogP contribution in [0, 0.1) is 17.8 Å². The van der Waals surface area contributed by atoms with Gasteiger partial charge in [-0.2, -0.15) is 0 Å². The van der Waals surface area contributed by atoms with Gasteiger partial charge in [-0.05, 0) is 24.3 Å². The van der Waals surface area contributed by atoms with Gasteiger partial charge in [0.25, 0.3) is 0 Å². The third kappa shape index (κ3) is 6.04. The van der Waals surface area contributed by atoms with Crippen LogP contribution in [-0.2, 0) is 23.7 Å². The normalized spacial score (nSPS) is 29.9. The van der Waals surface area contributed by atoms with Crippen LogP contribution in [0.15, 0.2) is 48.5 Å². The molecule has 2 aromatic rings. The van der Waals surface area contributed by atoms with Gasteiger partial charge in [0.2, 0.25) is 0 Å². The maximum absolute atomic E-state index is 13.4. The Morgan fingerprint density at radius 1 is 0.829 bits per heavy atom. The smallest absolute Gasteiger partial charge is 0.184 e. The highest BCUT2D eigenvalue weighted by Gasteiger charge is 2.39. The minimum Gasteiger partial charge on any atom is -0.497 e. The lowest BCUT2D eigenvalue weighted by Gasteiger charge is -2.39. The highest BCUT2D eigenvalue weighted by atomic mass is 16.7. The summed E-state index contributed by atoms with van der Waals surface area (Å²) in [7, 11) is 3.27. The van der Waals surface area contributed by atoms with Crippen molar-refractivity contribution in [2.24, 2.45) is 17.8 Å². The zero-order valence-corrected chi connectivity index (χ0v) is 21.1. The number of Topliss-reactive ketones (excluding diaryl/α,β-unsaturated/α-hetero) is 1. The van der Waals surface area contributed by atoms with Crippen LogP contribution in [0.3, 0.4) is 0 Å². The quantitative estimate of drug-likeness (QED) is 0.516. The number of ether oxygens (including phenoxy) is 6. The summed E-state index contributed by atoms with van der Waals surface area (Å²) in [5, 5.41) is 0. The standard InChI is InChI=1S/C28H36O7/c1-17-15-32-27(20-6-10-22(30-4)11-7-20)34-25(17)14-24(29)19(3)26-18(2)16-33-28(35-26)21-8-12-23(31-5)13-9-21/h6-13,17-19,25-28H,14-16H2,1-5H3/t17-,18-,19-,25-,26-,27-,28-/m0/s1. The van der Waals surface area contributed by atoms with E-state index < -0.39 is 12.6 Å². The maximum Gasteiger partial charge on any atom is 0.184 e. The molecule has 0 unspecified atom stereocenters. The third-order valence-corrected chi connectivity index (χ3v) is 6.97. The first kappa shape index (κ1) is 25.6. The number of hydrogen-bond donors (Lipinski definition) is 0. The Hall–Kier alpha value is -2.45. The topological polar surface area (TPSA) is 72.5 Å². The van der Waals surface area contributed by atoms with E-state index in [9.17, 15) is 4.79 Å². The van der Waals surface area contributed by atoms with E-state index in [-0.39, 0.29) is 35.7 Å². The van der Waals surface area contributed by atoms with Crippen molar-refractivity contribution >= 4 is 5.78 Å². The number of benzene rings is 2. The first-order valence-corrected chi connectivity index (χ1v) is 12.2. The zero-order chi connectivity index (χ0) is 24.9. The molecule has 0 aliphatic carbocycles. The van der Waals surface area contributed by atoms with Crippen molar-refractivity contribution in [1.82, 2.24) is 0 Å². The van der Waals surface area contributed by atoms with Gasteiger partial charge < -0.3 is 28.4 Å². The Morgan fingerprint density at radius 3 is 1.83 bits per heavy atom. The highest BCUT2D eigenvalue weighted by molar-refractivity contribution is 5.81. The molecule has 2 heterocycles. The van der Waals surface area contributed by atoms with Crippen LogP contribution in [0.4, 0.5) is 0 Å². The van der Waals surface area contributed by atoms with Gasteiger partial charge in [-0.15, -0.1) is 0 Å². The molecule has 0 radical (unpaired) electrons. The van der Waals surface area contributed by atoms with Gasteiger partial charge in [0, 0.05) is 35.3 Å². The van der Waals surface area contributed by atoms with E-state index in [0.717, 1.165) is 22.6 Å². The second-order valence-electron chi connectivity index (χ2n) is 9.57. The molecule has 190 valence electrons. The lowest BCUT2D eigenvalue weighted by Crippen LogP contribution is -2.43. The van der Waals surface area contributed by atoms with E-state index >= 15 is 0 Å². The third-order valence-electron chi connectivity index (χ3n) is 6.97. The second-order valence-corrected chi connectivity index (χ2v) is 9.57. The molecular formula is C28H36O7. The molecule has 7 atom stereocenters. The molecule has 0 bridgehead atoms. The molecule has 2 aromatic carbocycles. The van der Waals surface area contributed by atoms with E-state index in [1.54, 1.807) is 14.2 Å². The Bertz CT molecular complexity index is 958. The molecule has 7 heteroatoms. The van der Waals surface area contributed by atoms with Crippen LogP contribution < -0.4 is 9.47 Å². The lowest BCUT2D eigenvalue weighted by atomic mass is 9.86. The van der Waals surface area contributed by atoms with Crippen molar-refractivity contribution in [3.63, 3.8) is 0 Å². The predicted octanol–water partition coefficient (Wildman–Crippen LogP) is 5.10. The fourth-order valence-corrected chi connectivity index (χ4v) is 4.63. The molecule has 0 spiro atoms. The monoisotopic (exact) mass is 484 g/mol. The van der Waals surface area contributed by atoms with Crippen LogP contribution in [0.5, 0.6) is 11.5 Å². The van der Waals surface area contributed by atoms with Gasteiger partial charge in [0.1, 0.15) is 17.3 Å². The summed E-state index contributed by atoms with van der Waals surface area (Å²) in [6, 6.07) is 15.2. The summed E-state index contributed by atoms with van der Waals surface area (Å²) in [6.45, 7) is 7.13. The number of carbonyl (C=O) groups excluding carboxylic acids is 1. The summed E-state index contributed by atoms with van der Waals surface area (Å²) in [6.07, 6.45) is -1.15. The van der Waals surface area contributed by atoms with E-state index in [2.05, 4.69) is 13.8 Å². The lowest BCUT2D eigenvalue weighted by molar-refractivity contribution is -0.250. The van der Waals surface area contributed by atoms with Crippen molar-refractivity contribution < 1.29 is 33.2 Å². The first-order chi connectivity index (χ1) is 16.9. The number of methoxy groups -OCH3 is 2. The molecular weight excluding hydrogens is 448 g/mol. The van der Waals surface area contributed by atoms with E-state index in [1.165, 1.54) is 0 Å². The Morgan fingerprint density at radius 2 is 1.31 bits per heavy atom. The van der Waals surface area contributed by atoms with Crippen LogP contribution >= 0.6 is 0 Å². The average Bonchev–Trinajstić information content (AvgIpc) is 2.90. The molecule has 7 nitrogen and oxygen atoms in total. The molecule has 2 aliphatic rings. The number of hydrogen-bond acceptors (Lipinski definition) is 7. The van der Waals surface area contributed by atoms with E-state index in [1.807, 2.05) is 55.5 Å². The van der Waals surface area contributed by atoms with Crippen molar-refractivity contribution in [2.45, 2.75) is 52.0 Å². The van der Waals surface area contributed by atoms with Gasteiger partial charge in [-0.3, -0.25) is 4.79 Å². The molecule has 0 N–H and O–H groups in total. The average molecular weight is 485 g/mol. The Balaban J connectivity index is 1.38. The number of rotatable bonds is 8. The van der Waals surface area contributed by atoms with Crippen LogP contribution in [0.1, 0.15) is 50.9 Å². The number of carbonyl (C=O) groups is 1. The van der Waals surface area contributed by atoms with Crippen molar-refractivity contribution in [3.05, 3.63) is 59.7 Å². The van der Waals surface area contributed by atoms with Gasteiger partial charge in [0.05, 0.1) is 39.6 Å². The van der Waals surface area contributed by atoms with Crippen molar-refractivity contribution in [1.29, 1.82) is 0 Å². The molecule has 35 heavy (non-hydrogen) atoms. The number of ketones is 1. The summed E-state index contributed by atoms with van der Waals surface area (Å²) in [4.78, 5) is 13.4. The van der Waals surface area contributed by atoms with Gasteiger partial charge in [-0.25, -0.2) is 0 Å². The minimum atomic E-state index is -0.505.